The van der Waals surface area contributed by atoms with Crippen molar-refractivity contribution in [1.82, 2.24) is 4.90 Å². The lowest BCUT2D eigenvalue weighted by Gasteiger charge is -2.11. The monoisotopic (exact) mass is 343 g/mol. The van der Waals surface area contributed by atoms with E-state index < -0.39 is 0 Å². The number of carbonyl (C=O) groups is 2. The highest BCUT2D eigenvalue weighted by atomic mass is 19.1. The number of halogens is 1. The molecule has 2 amide bonds. The Bertz CT molecular complexity index is 730. The first kappa shape index (κ1) is 18.4. The number of anilines is 2. The Morgan fingerprint density at radius 1 is 1.04 bits per heavy atom. The summed E-state index contributed by atoms with van der Waals surface area (Å²) in [6, 6.07) is 13.2. The fraction of sp³-hybridized carbons (Fsp3) is 0.263. The van der Waals surface area contributed by atoms with E-state index in [1.165, 1.54) is 12.1 Å². The first-order chi connectivity index (χ1) is 11.9. The van der Waals surface area contributed by atoms with Gasteiger partial charge < -0.3 is 15.5 Å². The molecule has 132 valence electrons. The average Bonchev–Trinajstić information content (AvgIpc) is 2.59. The van der Waals surface area contributed by atoms with E-state index in [0.717, 1.165) is 5.56 Å². The maximum Gasteiger partial charge on any atom is 0.243 e. The fourth-order valence-corrected chi connectivity index (χ4v) is 2.23. The second kappa shape index (κ2) is 8.82. The molecule has 0 heterocycles. The largest absolute Gasteiger partial charge is 0.376 e. The molecule has 2 N–H and O–H groups in total. The summed E-state index contributed by atoms with van der Waals surface area (Å²) in [6.45, 7) is 0.0783. The van der Waals surface area contributed by atoms with E-state index in [1.807, 2.05) is 18.2 Å². The molecule has 0 aliphatic carbocycles. The van der Waals surface area contributed by atoms with Crippen molar-refractivity contribution in [2.45, 2.75) is 12.8 Å². The van der Waals surface area contributed by atoms with Gasteiger partial charge in [-0.2, -0.15) is 0 Å². The summed E-state index contributed by atoms with van der Waals surface area (Å²) in [4.78, 5) is 25.2. The Morgan fingerprint density at radius 3 is 2.44 bits per heavy atom. The Kier molecular flexibility index (Phi) is 6.51. The third-order valence-corrected chi connectivity index (χ3v) is 3.63. The molecule has 0 radical (unpaired) electrons. The molecular formula is C19H22FN3O2. The highest BCUT2D eigenvalue weighted by molar-refractivity contribution is 5.93. The summed E-state index contributed by atoms with van der Waals surface area (Å²) in [5.41, 5.74) is 2.34. The summed E-state index contributed by atoms with van der Waals surface area (Å²) in [5.74, 6) is -0.455. The summed E-state index contributed by atoms with van der Waals surface area (Å²) in [7, 11) is 3.46. The van der Waals surface area contributed by atoms with Crippen LogP contribution in [0, 0.1) is 5.82 Å². The quantitative estimate of drug-likeness (QED) is 0.813. The number of benzene rings is 2. The van der Waals surface area contributed by atoms with Crippen LogP contribution in [0.3, 0.4) is 0 Å². The Hall–Kier alpha value is -2.89. The zero-order valence-electron chi connectivity index (χ0n) is 14.4. The maximum absolute atomic E-state index is 12.8. The second-order valence-electron chi connectivity index (χ2n) is 5.90. The van der Waals surface area contributed by atoms with Gasteiger partial charge in [0.05, 0.1) is 6.54 Å². The molecule has 0 saturated carbocycles. The highest BCUT2D eigenvalue weighted by Crippen LogP contribution is 2.13. The number of carbonyl (C=O) groups excluding carboxylic acids is 2. The van der Waals surface area contributed by atoms with Crippen LogP contribution in [-0.2, 0) is 16.0 Å². The maximum atomic E-state index is 12.8. The number of aryl methyl sites for hydroxylation is 1. The van der Waals surface area contributed by atoms with Crippen molar-refractivity contribution in [3.8, 4) is 0 Å². The first-order valence-corrected chi connectivity index (χ1v) is 8.02. The van der Waals surface area contributed by atoms with Crippen LogP contribution in [0.4, 0.5) is 15.8 Å². The van der Waals surface area contributed by atoms with Crippen LogP contribution < -0.4 is 10.6 Å². The third kappa shape index (κ3) is 6.25. The highest BCUT2D eigenvalue weighted by Gasteiger charge is 2.06. The smallest absolute Gasteiger partial charge is 0.243 e. The van der Waals surface area contributed by atoms with E-state index in [0.29, 0.717) is 24.2 Å². The van der Waals surface area contributed by atoms with Crippen LogP contribution in [0.2, 0.25) is 0 Å². The molecule has 0 aliphatic rings. The van der Waals surface area contributed by atoms with Crippen molar-refractivity contribution >= 4 is 23.2 Å². The van der Waals surface area contributed by atoms with Gasteiger partial charge in [-0.25, -0.2) is 4.39 Å². The molecule has 0 bridgehead atoms. The SMILES string of the molecule is CN(C)C(=O)CCc1cccc(NC(=O)CNc2ccc(F)cc2)c1. The lowest BCUT2D eigenvalue weighted by atomic mass is 10.1. The van der Waals surface area contributed by atoms with Gasteiger partial charge in [0.25, 0.3) is 0 Å². The van der Waals surface area contributed by atoms with Crippen LogP contribution in [0.1, 0.15) is 12.0 Å². The number of rotatable bonds is 7. The average molecular weight is 343 g/mol. The fourth-order valence-electron chi connectivity index (χ4n) is 2.23. The lowest BCUT2D eigenvalue weighted by molar-refractivity contribution is -0.128. The predicted octanol–water partition coefficient (Wildman–Crippen LogP) is 2.90. The van der Waals surface area contributed by atoms with Gasteiger partial charge >= 0.3 is 0 Å². The molecule has 0 spiro atoms. The van der Waals surface area contributed by atoms with Crippen LogP contribution in [0.5, 0.6) is 0 Å². The Morgan fingerprint density at radius 2 is 1.76 bits per heavy atom. The van der Waals surface area contributed by atoms with Crippen LogP contribution >= 0.6 is 0 Å². The topological polar surface area (TPSA) is 61.4 Å². The van der Waals surface area contributed by atoms with E-state index in [1.54, 1.807) is 37.2 Å². The Labute approximate surface area is 146 Å². The molecule has 0 fully saturated rings. The molecule has 2 rings (SSSR count). The van der Waals surface area contributed by atoms with Crippen LogP contribution in [0.15, 0.2) is 48.5 Å². The summed E-state index contributed by atoms with van der Waals surface area (Å²) >= 11 is 0. The second-order valence-corrected chi connectivity index (χ2v) is 5.90. The van der Waals surface area contributed by atoms with Crippen molar-refractivity contribution in [1.29, 1.82) is 0 Å². The lowest BCUT2D eigenvalue weighted by Crippen LogP contribution is -2.22. The van der Waals surface area contributed by atoms with E-state index in [4.69, 9.17) is 0 Å². The van der Waals surface area contributed by atoms with Gasteiger partial charge in [-0.15, -0.1) is 0 Å². The zero-order valence-corrected chi connectivity index (χ0v) is 14.4. The normalized spacial score (nSPS) is 10.2. The minimum atomic E-state index is -0.320. The standard InChI is InChI=1S/C19H22FN3O2/c1-23(2)19(25)11-6-14-4-3-5-17(12-14)22-18(24)13-21-16-9-7-15(20)8-10-16/h3-5,7-10,12,21H,6,11,13H2,1-2H3,(H,22,24). The molecule has 6 heteroatoms. The molecule has 25 heavy (non-hydrogen) atoms. The van der Waals surface area contributed by atoms with Crippen molar-refractivity contribution in [2.24, 2.45) is 0 Å². The number of hydrogen-bond donors (Lipinski definition) is 2. The van der Waals surface area contributed by atoms with E-state index in [2.05, 4.69) is 10.6 Å². The summed E-state index contributed by atoms with van der Waals surface area (Å²) < 4.78 is 12.8. The van der Waals surface area contributed by atoms with Gasteiger partial charge in [0.15, 0.2) is 0 Å². The van der Waals surface area contributed by atoms with E-state index in [-0.39, 0.29) is 24.2 Å². The molecule has 0 atom stereocenters. The number of amides is 2. The van der Waals surface area contributed by atoms with Gasteiger partial charge in [0, 0.05) is 31.9 Å². The zero-order chi connectivity index (χ0) is 18.2. The molecule has 0 aromatic heterocycles. The molecule has 5 nitrogen and oxygen atoms in total. The van der Waals surface area contributed by atoms with Crippen LogP contribution in [0.25, 0.3) is 0 Å². The predicted molar refractivity (Wildman–Crippen MR) is 97.0 cm³/mol. The van der Waals surface area contributed by atoms with E-state index >= 15 is 0 Å². The number of hydrogen-bond acceptors (Lipinski definition) is 3. The van der Waals surface area contributed by atoms with Gasteiger partial charge in [-0.3, -0.25) is 9.59 Å². The summed E-state index contributed by atoms with van der Waals surface area (Å²) in [5, 5.41) is 5.73. The third-order valence-electron chi connectivity index (χ3n) is 3.63. The van der Waals surface area contributed by atoms with Crippen molar-refractivity contribution in [3.63, 3.8) is 0 Å². The molecule has 2 aromatic carbocycles. The minimum Gasteiger partial charge on any atom is -0.376 e. The van der Waals surface area contributed by atoms with Crippen molar-refractivity contribution < 1.29 is 14.0 Å². The van der Waals surface area contributed by atoms with Gasteiger partial charge in [0.1, 0.15) is 5.82 Å². The minimum absolute atomic E-state index is 0.0675. The van der Waals surface area contributed by atoms with Crippen LogP contribution in [-0.4, -0.2) is 37.4 Å². The van der Waals surface area contributed by atoms with Crippen molar-refractivity contribution in [2.75, 3.05) is 31.3 Å². The molecule has 0 unspecified atom stereocenters. The first-order valence-electron chi connectivity index (χ1n) is 8.02. The molecule has 0 aliphatic heterocycles. The van der Waals surface area contributed by atoms with Gasteiger partial charge in [-0.1, -0.05) is 12.1 Å². The van der Waals surface area contributed by atoms with Gasteiger partial charge in [-0.05, 0) is 48.4 Å². The molecule has 0 saturated heterocycles. The number of nitrogens with one attached hydrogen (secondary N) is 2. The van der Waals surface area contributed by atoms with Gasteiger partial charge in [0.2, 0.25) is 11.8 Å². The Balaban J connectivity index is 1.84. The number of nitrogens with zero attached hydrogens (tertiary/aromatic N) is 1. The van der Waals surface area contributed by atoms with Crippen molar-refractivity contribution in [3.05, 3.63) is 59.9 Å². The summed E-state index contributed by atoms with van der Waals surface area (Å²) in [6.07, 6.45) is 1.05. The van der Waals surface area contributed by atoms with E-state index in [9.17, 15) is 14.0 Å². The molecular weight excluding hydrogens is 321 g/mol. The molecule has 2 aromatic rings.